The summed E-state index contributed by atoms with van der Waals surface area (Å²) in [5.74, 6) is -0.542. The van der Waals surface area contributed by atoms with Gasteiger partial charge in [0.1, 0.15) is 0 Å². The Morgan fingerprint density at radius 2 is 1.92 bits per heavy atom. The molecule has 3 aromatic rings. The van der Waals surface area contributed by atoms with Crippen molar-refractivity contribution in [3.63, 3.8) is 0 Å². The van der Waals surface area contributed by atoms with Gasteiger partial charge in [-0.25, -0.2) is 5.48 Å². The minimum atomic E-state index is -0.542. The Bertz CT molecular complexity index is 916. The van der Waals surface area contributed by atoms with E-state index in [-0.39, 0.29) is 0 Å². The lowest BCUT2D eigenvalue weighted by Gasteiger charge is -2.06. The largest absolute Gasteiger partial charge is 0.349 e. The number of amides is 1. The van der Waals surface area contributed by atoms with E-state index in [1.807, 2.05) is 30.3 Å². The van der Waals surface area contributed by atoms with Crippen molar-refractivity contribution in [3.8, 4) is 0 Å². The van der Waals surface area contributed by atoms with Crippen LogP contribution in [0, 0.1) is 0 Å². The van der Waals surface area contributed by atoms with Gasteiger partial charge in [-0.15, -0.1) is 0 Å². The molecule has 4 N–H and O–H groups in total. The zero-order chi connectivity index (χ0) is 18.4. The number of aromatic nitrogens is 1. The fourth-order valence-electron chi connectivity index (χ4n) is 2.81. The third-order valence-corrected chi connectivity index (χ3v) is 4.84. The number of hydrogen-bond acceptors (Lipinski definition) is 3. The van der Waals surface area contributed by atoms with Crippen LogP contribution in [0.4, 0.5) is 0 Å². The summed E-state index contributed by atoms with van der Waals surface area (Å²) in [7, 11) is 0. The molecule has 0 saturated carbocycles. The molecule has 26 heavy (non-hydrogen) atoms. The summed E-state index contributed by atoms with van der Waals surface area (Å²) in [5.41, 5.74) is 6.08. The molecule has 0 saturated heterocycles. The predicted octanol–water partition coefficient (Wildman–Crippen LogP) is 3.78. The number of aromatic amines is 1. The van der Waals surface area contributed by atoms with E-state index in [1.54, 1.807) is 11.6 Å². The molecule has 0 atom stereocenters. The van der Waals surface area contributed by atoms with Crippen LogP contribution in [-0.4, -0.2) is 22.6 Å². The SMILES string of the molecule is O=C(/C=C/c1ccc(CNCCc2c(Br)[nH]c3ccccc23)cc1)NO. The van der Waals surface area contributed by atoms with Gasteiger partial charge < -0.3 is 10.3 Å². The maximum absolute atomic E-state index is 11.0. The minimum Gasteiger partial charge on any atom is -0.349 e. The number of hydrogen-bond donors (Lipinski definition) is 4. The zero-order valence-corrected chi connectivity index (χ0v) is 15.7. The van der Waals surface area contributed by atoms with E-state index in [0.29, 0.717) is 0 Å². The summed E-state index contributed by atoms with van der Waals surface area (Å²) in [5, 5.41) is 13.2. The molecule has 2 aromatic carbocycles. The lowest BCUT2D eigenvalue weighted by molar-refractivity contribution is -0.124. The van der Waals surface area contributed by atoms with Crippen molar-refractivity contribution < 1.29 is 10.0 Å². The van der Waals surface area contributed by atoms with Gasteiger partial charge in [-0.05, 0) is 57.7 Å². The van der Waals surface area contributed by atoms with Crippen molar-refractivity contribution in [1.82, 2.24) is 15.8 Å². The first-order valence-corrected chi connectivity index (χ1v) is 9.13. The van der Waals surface area contributed by atoms with Crippen LogP contribution >= 0.6 is 15.9 Å². The van der Waals surface area contributed by atoms with Crippen LogP contribution in [0.2, 0.25) is 0 Å². The third kappa shape index (κ3) is 4.60. The molecule has 3 rings (SSSR count). The van der Waals surface area contributed by atoms with Crippen LogP contribution in [0.15, 0.2) is 59.2 Å². The van der Waals surface area contributed by atoms with Gasteiger partial charge in [0.25, 0.3) is 5.91 Å². The van der Waals surface area contributed by atoms with Gasteiger partial charge in [-0.1, -0.05) is 42.5 Å². The second-order valence-electron chi connectivity index (χ2n) is 5.94. The minimum absolute atomic E-state index is 0.542. The number of fused-ring (bicyclic) bond motifs is 1. The van der Waals surface area contributed by atoms with Crippen LogP contribution in [-0.2, 0) is 17.8 Å². The maximum Gasteiger partial charge on any atom is 0.267 e. The van der Waals surface area contributed by atoms with E-state index in [9.17, 15) is 4.79 Å². The Kier molecular flexibility index (Phi) is 6.22. The number of nitrogens with one attached hydrogen (secondary N) is 3. The Hall–Kier alpha value is -2.41. The van der Waals surface area contributed by atoms with E-state index in [4.69, 9.17) is 5.21 Å². The summed E-state index contributed by atoms with van der Waals surface area (Å²) < 4.78 is 1.04. The van der Waals surface area contributed by atoms with E-state index >= 15 is 0 Å². The standard InChI is InChI=1S/C20H20BrN3O2/c21-20-17(16-3-1-2-4-18(16)23-20)11-12-22-13-15-7-5-14(6-8-15)9-10-19(25)24-26/h1-10,22-23,26H,11-13H2,(H,24,25)/b10-9+. The number of hydroxylamine groups is 1. The van der Waals surface area contributed by atoms with Crippen molar-refractivity contribution in [2.45, 2.75) is 13.0 Å². The number of carbonyl (C=O) groups is 1. The van der Waals surface area contributed by atoms with Gasteiger partial charge in [0.15, 0.2) is 0 Å². The highest BCUT2D eigenvalue weighted by Crippen LogP contribution is 2.26. The number of para-hydroxylation sites is 1. The predicted molar refractivity (Wildman–Crippen MR) is 107 cm³/mol. The molecule has 0 unspecified atom stereocenters. The first kappa shape index (κ1) is 18.4. The normalized spacial score (nSPS) is 11.3. The Morgan fingerprint density at radius 1 is 1.15 bits per heavy atom. The van der Waals surface area contributed by atoms with Crippen LogP contribution in [0.3, 0.4) is 0 Å². The van der Waals surface area contributed by atoms with Gasteiger partial charge >= 0.3 is 0 Å². The Balaban J connectivity index is 1.51. The quantitative estimate of drug-likeness (QED) is 0.206. The van der Waals surface area contributed by atoms with E-state index in [1.165, 1.54) is 22.6 Å². The lowest BCUT2D eigenvalue weighted by Crippen LogP contribution is -2.16. The van der Waals surface area contributed by atoms with E-state index < -0.39 is 5.91 Å². The molecule has 0 aliphatic rings. The van der Waals surface area contributed by atoms with Crippen molar-refractivity contribution >= 4 is 38.8 Å². The maximum atomic E-state index is 11.0. The molecule has 5 nitrogen and oxygen atoms in total. The van der Waals surface area contributed by atoms with Gasteiger partial charge in [0.05, 0.1) is 4.60 Å². The smallest absolute Gasteiger partial charge is 0.267 e. The summed E-state index contributed by atoms with van der Waals surface area (Å²) in [6.45, 7) is 1.65. The molecule has 1 aromatic heterocycles. The van der Waals surface area contributed by atoms with E-state index in [2.05, 4.69) is 44.4 Å². The topological polar surface area (TPSA) is 77.2 Å². The third-order valence-electron chi connectivity index (χ3n) is 4.16. The molecular weight excluding hydrogens is 394 g/mol. The van der Waals surface area contributed by atoms with Crippen molar-refractivity contribution in [2.75, 3.05) is 6.54 Å². The van der Waals surface area contributed by atoms with Crippen LogP contribution in [0.5, 0.6) is 0 Å². The Labute approximate surface area is 160 Å². The number of rotatable bonds is 7. The van der Waals surface area contributed by atoms with Gasteiger partial charge in [-0.2, -0.15) is 0 Å². The molecule has 0 spiro atoms. The average Bonchev–Trinajstić information content (AvgIpc) is 2.99. The van der Waals surface area contributed by atoms with Gasteiger partial charge in [0, 0.05) is 23.5 Å². The second kappa shape index (κ2) is 8.80. The average molecular weight is 414 g/mol. The van der Waals surface area contributed by atoms with Gasteiger partial charge in [0.2, 0.25) is 0 Å². The molecule has 1 heterocycles. The number of carbonyl (C=O) groups excluding carboxylic acids is 1. The molecule has 0 aliphatic heterocycles. The van der Waals surface area contributed by atoms with Crippen LogP contribution < -0.4 is 10.8 Å². The highest BCUT2D eigenvalue weighted by molar-refractivity contribution is 9.10. The molecular formula is C20H20BrN3O2. The molecule has 0 fully saturated rings. The first-order chi connectivity index (χ1) is 12.7. The number of halogens is 1. The monoisotopic (exact) mass is 413 g/mol. The van der Waals surface area contributed by atoms with Crippen molar-refractivity contribution in [3.05, 3.63) is 75.9 Å². The molecule has 0 aliphatic carbocycles. The molecule has 134 valence electrons. The fourth-order valence-corrected chi connectivity index (χ4v) is 3.44. The molecule has 1 amide bonds. The summed E-state index contributed by atoms with van der Waals surface area (Å²) in [4.78, 5) is 14.3. The fraction of sp³-hybridized carbons (Fsp3) is 0.150. The number of H-pyrrole nitrogens is 1. The van der Waals surface area contributed by atoms with Crippen LogP contribution in [0.1, 0.15) is 16.7 Å². The first-order valence-electron chi connectivity index (χ1n) is 8.34. The summed E-state index contributed by atoms with van der Waals surface area (Å²) in [6, 6.07) is 16.2. The van der Waals surface area contributed by atoms with Crippen LogP contribution in [0.25, 0.3) is 17.0 Å². The van der Waals surface area contributed by atoms with Crippen molar-refractivity contribution in [1.29, 1.82) is 0 Å². The second-order valence-corrected chi connectivity index (χ2v) is 6.73. The zero-order valence-electron chi connectivity index (χ0n) is 14.1. The Morgan fingerprint density at radius 3 is 2.69 bits per heavy atom. The van der Waals surface area contributed by atoms with E-state index in [0.717, 1.165) is 35.2 Å². The highest BCUT2D eigenvalue weighted by Gasteiger charge is 2.08. The summed E-state index contributed by atoms with van der Waals surface area (Å²) >= 11 is 3.61. The molecule has 0 radical (unpaired) electrons. The lowest BCUT2D eigenvalue weighted by atomic mass is 10.1. The number of benzene rings is 2. The van der Waals surface area contributed by atoms with Gasteiger partial charge in [-0.3, -0.25) is 10.0 Å². The van der Waals surface area contributed by atoms with Crippen molar-refractivity contribution in [2.24, 2.45) is 0 Å². The summed E-state index contributed by atoms with van der Waals surface area (Å²) in [6.07, 6.45) is 3.87. The molecule has 6 heteroatoms. The highest BCUT2D eigenvalue weighted by atomic mass is 79.9. The molecule has 0 bridgehead atoms.